The van der Waals surface area contributed by atoms with Crippen LogP contribution < -0.4 is 5.32 Å². The second-order valence-electron chi connectivity index (χ2n) is 2.97. The maximum absolute atomic E-state index is 11.5. The summed E-state index contributed by atoms with van der Waals surface area (Å²) in [6, 6.07) is -0.318. The summed E-state index contributed by atoms with van der Waals surface area (Å²) in [5.74, 6) is 0.316. The molecule has 0 bridgehead atoms. The molecule has 90 valence electrons. The highest BCUT2D eigenvalue weighted by Gasteiger charge is 2.19. The summed E-state index contributed by atoms with van der Waals surface area (Å²) < 4.78 is 10.0. The van der Waals surface area contributed by atoms with Crippen molar-refractivity contribution in [2.75, 3.05) is 18.9 Å². The fraction of sp³-hybridized carbons (Fsp3) is 0.600. The number of likely N-dealkylation sites (N-methyl/N-ethyl adjacent to an activating group) is 1. The van der Waals surface area contributed by atoms with Crippen molar-refractivity contribution in [1.29, 1.82) is 0 Å². The van der Waals surface area contributed by atoms with E-state index < -0.39 is 0 Å². The maximum Gasteiger partial charge on any atom is 0.323 e. The zero-order valence-electron chi connectivity index (χ0n) is 9.43. The number of nitrogens with one attached hydrogen (secondary N) is 1. The van der Waals surface area contributed by atoms with E-state index in [1.165, 1.54) is 18.0 Å². The van der Waals surface area contributed by atoms with Crippen molar-refractivity contribution >= 4 is 17.7 Å². The maximum atomic E-state index is 11.5. The first-order valence-corrected chi connectivity index (χ1v) is 6.18. The third kappa shape index (κ3) is 4.24. The lowest BCUT2D eigenvalue weighted by Gasteiger charge is -2.14. The minimum Gasteiger partial charge on any atom is -0.465 e. The van der Waals surface area contributed by atoms with Gasteiger partial charge in [-0.1, -0.05) is 18.7 Å². The number of carbonyl (C=O) groups excluding carboxylic acids is 1. The van der Waals surface area contributed by atoms with Gasteiger partial charge in [-0.05, 0) is 13.5 Å². The average molecular weight is 244 g/mol. The summed E-state index contributed by atoms with van der Waals surface area (Å²) >= 11 is 1.39. The summed E-state index contributed by atoms with van der Waals surface area (Å²) in [6.45, 7) is 4.85. The van der Waals surface area contributed by atoms with Gasteiger partial charge in [-0.25, -0.2) is 4.98 Å². The van der Waals surface area contributed by atoms with E-state index in [-0.39, 0.29) is 12.0 Å². The molecule has 16 heavy (non-hydrogen) atoms. The SMILES string of the molecule is CCNC(CSc1ncco1)C(=O)OCC. The van der Waals surface area contributed by atoms with Crippen LogP contribution in [0.2, 0.25) is 0 Å². The van der Waals surface area contributed by atoms with Crippen LogP contribution in [0.1, 0.15) is 13.8 Å². The molecule has 1 rings (SSSR count). The molecule has 0 aliphatic carbocycles. The van der Waals surface area contributed by atoms with Crippen molar-refractivity contribution in [2.24, 2.45) is 0 Å². The molecule has 1 aromatic rings. The Labute approximate surface area is 98.9 Å². The van der Waals surface area contributed by atoms with Gasteiger partial charge in [0.2, 0.25) is 0 Å². The number of carbonyl (C=O) groups is 1. The van der Waals surface area contributed by atoms with E-state index in [1.807, 2.05) is 6.92 Å². The van der Waals surface area contributed by atoms with Crippen molar-refractivity contribution in [3.05, 3.63) is 12.5 Å². The van der Waals surface area contributed by atoms with Gasteiger partial charge < -0.3 is 14.5 Å². The standard InChI is InChI=1S/C10H16N2O3S/c1-3-11-8(9(13)14-4-2)7-16-10-12-5-6-15-10/h5-6,8,11H,3-4,7H2,1-2H3. The van der Waals surface area contributed by atoms with Gasteiger partial charge in [0, 0.05) is 5.75 Å². The Kier molecular flexibility index (Phi) is 5.95. The Bertz CT molecular complexity index is 303. The van der Waals surface area contributed by atoms with E-state index in [9.17, 15) is 4.79 Å². The van der Waals surface area contributed by atoms with Gasteiger partial charge in [0.25, 0.3) is 5.22 Å². The zero-order chi connectivity index (χ0) is 11.8. The summed E-state index contributed by atoms with van der Waals surface area (Å²) in [5, 5.41) is 3.63. The molecule has 0 aliphatic heterocycles. The van der Waals surface area contributed by atoms with Crippen molar-refractivity contribution < 1.29 is 13.9 Å². The van der Waals surface area contributed by atoms with Crippen LogP contribution in [0.15, 0.2) is 22.1 Å². The van der Waals surface area contributed by atoms with Gasteiger partial charge in [0.1, 0.15) is 12.3 Å². The molecule has 1 heterocycles. The Balaban J connectivity index is 2.41. The lowest BCUT2D eigenvalue weighted by atomic mass is 10.3. The third-order valence-electron chi connectivity index (χ3n) is 1.80. The topological polar surface area (TPSA) is 64.4 Å². The van der Waals surface area contributed by atoms with E-state index in [4.69, 9.17) is 9.15 Å². The first-order chi connectivity index (χ1) is 7.77. The molecule has 1 atom stereocenters. The monoisotopic (exact) mass is 244 g/mol. The van der Waals surface area contributed by atoms with E-state index >= 15 is 0 Å². The second kappa shape index (κ2) is 7.29. The van der Waals surface area contributed by atoms with Crippen LogP contribution in [-0.4, -0.2) is 35.9 Å². The highest BCUT2D eigenvalue weighted by Crippen LogP contribution is 2.16. The highest BCUT2D eigenvalue weighted by molar-refractivity contribution is 7.99. The van der Waals surface area contributed by atoms with Gasteiger partial charge in [-0.15, -0.1) is 0 Å². The molecule has 1 unspecified atom stereocenters. The summed E-state index contributed by atoms with van der Waals surface area (Å²) in [7, 11) is 0. The smallest absolute Gasteiger partial charge is 0.323 e. The quantitative estimate of drug-likeness (QED) is 0.576. The number of hydrogen-bond donors (Lipinski definition) is 1. The van der Waals surface area contributed by atoms with Crippen LogP contribution in [0, 0.1) is 0 Å². The molecule has 0 saturated carbocycles. The predicted octanol–water partition coefficient (Wildman–Crippen LogP) is 1.31. The van der Waals surface area contributed by atoms with Crippen molar-refractivity contribution in [3.63, 3.8) is 0 Å². The molecule has 0 aromatic carbocycles. The molecule has 0 amide bonds. The molecule has 5 nitrogen and oxygen atoms in total. The molecular formula is C10H16N2O3S. The van der Waals surface area contributed by atoms with Gasteiger partial charge in [0.15, 0.2) is 0 Å². The minimum absolute atomic E-state index is 0.233. The number of ether oxygens (including phenoxy) is 1. The number of esters is 1. The lowest BCUT2D eigenvalue weighted by molar-refractivity contribution is -0.144. The number of rotatable bonds is 7. The van der Waals surface area contributed by atoms with Crippen LogP contribution >= 0.6 is 11.8 Å². The fourth-order valence-corrected chi connectivity index (χ4v) is 1.96. The minimum atomic E-state index is -0.318. The molecular weight excluding hydrogens is 228 g/mol. The van der Waals surface area contributed by atoms with Crippen LogP contribution in [0.5, 0.6) is 0 Å². The van der Waals surface area contributed by atoms with Gasteiger partial charge >= 0.3 is 5.97 Å². The van der Waals surface area contributed by atoms with Crippen molar-refractivity contribution in [1.82, 2.24) is 10.3 Å². The lowest BCUT2D eigenvalue weighted by Crippen LogP contribution is -2.40. The molecule has 0 saturated heterocycles. The van der Waals surface area contributed by atoms with Crippen LogP contribution in [0.3, 0.4) is 0 Å². The number of oxazole rings is 1. The number of nitrogens with zero attached hydrogens (tertiary/aromatic N) is 1. The van der Waals surface area contributed by atoms with Crippen LogP contribution in [0.4, 0.5) is 0 Å². The Morgan fingerprint density at radius 3 is 3.06 bits per heavy atom. The summed E-state index contributed by atoms with van der Waals surface area (Å²) in [5.41, 5.74) is 0. The van der Waals surface area contributed by atoms with E-state index in [2.05, 4.69) is 10.3 Å². The van der Waals surface area contributed by atoms with Gasteiger partial charge in [0.05, 0.1) is 12.8 Å². The Hall–Kier alpha value is -1.01. The normalized spacial score (nSPS) is 12.4. The Morgan fingerprint density at radius 2 is 2.50 bits per heavy atom. The van der Waals surface area contributed by atoms with Crippen molar-refractivity contribution in [3.8, 4) is 0 Å². The molecule has 6 heteroatoms. The van der Waals surface area contributed by atoms with Gasteiger partial charge in [-0.2, -0.15) is 0 Å². The third-order valence-corrected chi connectivity index (χ3v) is 2.75. The van der Waals surface area contributed by atoms with Crippen LogP contribution in [0.25, 0.3) is 0 Å². The summed E-state index contributed by atoms with van der Waals surface area (Å²) in [4.78, 5) is 15.5. The number of thioether (sulfide) groups is 1. The second-order valence-corrected chi connectivity index (χ2v) is 3.94. The first kappa shape index (κ1) is 13.1. The van der Waals surface area contributed by atoms with E-state index in [0.717, 1.165) is 6.54 Å². The molecule has 0 spiro atoms. The fourth-order valence-electron chi connectivity index (χ4n) is 1.14. The van der Waals surface area contributed by atoms with Crippen molar-refractivity contribution in [2.45, 2.75) is 25.1 Å². The average Bonchev–Trinajstić information content (AvgIpc) is 2.77. The Morgan fingerprint density at radius 1 is 1.69 bits per heavy atom. The molecule has 0 aliphatic rings. The van der Waals surface area contributed by atoms with Crippen LogP contribution in [-0.2, 0) is 9.53 Å². The van der Waals surface area contributed by atoms with E-state index in [0.29, 0.717) is 17.6 Å². The largest absolute Gasteiger partial charge is 0.465 e. The van der Waals surface area contributed by atoms with Gasteiger partial charge in [-0.3, -0.25) is 4.79 Å². The highest BCUT2D eigenvalue weighted by atomic mass is 32.2. The molecule has 0 fully saturated rings. The molecule has 0 radical (unpaired) electrons. The predicted molar refractivity (Wildman–Crippen MR) is 61.3 cm³/mol. The molecule has 1 aromatic heterocycles. The molecule has 1 N–H and O–H groups in total. The number of aromatic nitrogens is 1. The summed E-state index contributed by atoms with van der Waals surface area (Å²) in [6.07, 6.45) is 3.09. The zero-order valence-corrected chi connectivity index (χ0v) is 10.3. The van der Waals surface area contributed by atoms with E-state index in [1.54, 1.807) is 13.1 Å². The number of hydrogen-bond acceptors (Lipinski definition) is 6. The first-order valence-electron chi connectivity index (χ1n) is 5.20.